The molecule has 0 fully saturated rings. The number of hydrogen-bond acceptors (Lipinski definition) is 6. The smallest absolute Gasteiger partial charge is 0.270 e. The zero-order valence-electron chi connectivity index (χ0n) is 15.0. The van der Waals surface area contributed by atoms with Gasteiger partial charge in [0.15, 0.2) is 0 Å². The molecule has 1 heterocycles. The monoisotopic (exact) mass is 343 g/mol. The molecule has 0 bridgehead atoms. The fourth-order valence-corrected chi connectivity index (χ4v) is 2.28. The summed E-state index contributed by atoms with van der Waals surface area (Å²) in [7, 11) is 5.65. The van der Waals surface area contributed by atoms with Crippen molar-refractivity contribution in [2.45, 2.75) is 13.0 Å². The van der Waals surface area contributed by atoms with Gasteiger partial charge in [-0.3, -0.25) is 4.79 Å². The molecule has 25 heavy (non-hydrogen) atoms. The number of carbonyl (C=O) groups excluding carboxylic acids is 1. The minimum absolute atomic E-state index is 0.193. The minimum Gasteiger partial charge on any atom is -0.496 e. The fourth-order valence-electron chi connectivity index (χ4n) is 2.28. The van der Waals surface area contributed by atoms with Gasteiger partial charge in [-0.15, -0.1) is 0 Å². The second-order valence-corrected chi connectivity index (χ2v) is 5.84. The standard InChI is InChI=1S/C18H25N5O2/c1-23(2)12-6-10-19-17(24)15-9-11-20-18(22-15)21-13-14-7-4-5-8-16(14)25-3/h4-5,7-9,11H,6,10,12-13H2,1-3H3,(H,19,24)(H,20,21,22). The number of hydrogen-bond donors (Lipinski definition) is 2. The molecule has 7 nitrogen and oxygen atoms in total. The lowest BCUT2D eigenvalue weighted by Crippen LogP contribution is -2.28. The third-order valence-corrected chi connectivity index (χ3v) is 3.59. The predicted molar refractivity (Wildman–Crippen MR) is 97.9 cm³/mol. The molecule has 0 atom stereocenters. The molecule has 0 radical (unpaired) electrons. The van der Waals surface area contributed by atoms with Crippen molar-refractivity contribution in [2.75, 3.05) is 39.6 Å². The Hall–Kier alpha value is -2.67. The molecule has 0 aliphatic carbocycles. The summed E-state index contributed by atoms with van der Waals surface area (Å²) in [6, 6.07) is 9.33. The number of para-hydroxylation sites is 1. The van der Waals surface area contributed by atoms with Crippen molar-refractivity contribution >= 4 is 11.9 Å². The van der Waals surface area contributed by atoms with Gasteiger partial charge in [-0.25, -0.2) is 9.97 Å². The highest BCUT2D eigenvalue weighted by atomic mass is 16.5. The number of methoxy groups -OCH3 is 1. The number of nitrogens with zero attached hydrogens (tertiary/aromatic N) is 3. The number of anilines is 1. The zero-order valence-corrected chi connectivity index (χ0v) is 15.0. The van der Waals surface area contributed by atoms with Crippen LogP contribution in [-0.4, -0.2) is 55.1 Å². The Kier molecular flexibility index (Phi) is 7.16. The minimum atomic E-state index is -0.193. The lowest BCUT2D eigenvalue weighted by molar-refractivity contribution is 0.0947. The van der Waals surface area contributed by atoms with Crippen LogP contribution in [0.4, 0.5) is 5.95 Å². The molecule has 2 N–H and O–H groups in total. The maximum Gasteiger partial charge on any atom is 0.270 e. The SMILES string of the molecule is COc1ccccc1CNc1nccc(C(=O)NCCCN(C)C)n1. The first kappa shape index (κ1) is 18.7. The summed E-state index contributed by atoms with van der Waals surface area (Å²) in [5.74, 6) is 1.01. The van der Waals surface area contributed by atoms with Crippen LogP contribution in [0.3, 0.4) is 0 Å². The highest BCUT2D eigenvalue weighted by Gasteiger charge is 2.09. The van der Waals surface area contributed by atoms with Gasteiger partial charge in [0.1, 0.15) is 11.4 Å². The normalized spacial score (nSPS) is 10.6. The summed E-state index contributed by atoms with van der Waals surface area (Å²) in [5.41, 5.74) is 1.34. The maximum absolute atomic E-state index is 12.2. The van der Waals surface area contributed by atoms with E-state index < -0.39 is 0 Å². The molecule has 0 saturated carbocycles. The molecule has 2 aromatic rings. The van der Waals surface area contributed by atoms with Gasteiger partial charge in [-0.1, -0.05) is 18.2 Å². The average Bonchev–Trinajstić information content (AvgIpc) is 2.63. The van der Waals surface area contributed by atoms with Gasteiger partial charge in [-0.05, 0) is 39.2 Å². The summed E-state index contributed by atoms with van der Waals surface area (Å²) < 4.78 is 5.32. The van der Waals surface area contributed by atoms with Crippen molar-refractivity contribution in [1.82, 2.24) is 20.2 Å². The molecular formula is C18H25N5O2. The van der Waals surface area contributed by atoms with E-state index in [1.165, 1.54) is 0 Å². The van der Waals surface area contributed by atoms with Crippen molar-refractivity contribution in [2.24, 2.45) is 0 Å². The van der Waals surface area contributed by atoms with E-state index in [0.717, 1.165) is 24.3 Å². The number of rotatable bonds is 9. The van der Waals surface area contributed by atoms with E-state index in [4.69, 9.17) is 4.74 Å². The van der Waals surface area contributed by atoms with Crippen molar-refractivity contribution in [3.8, 4) is 5.75 Å². The van der Waals surface area contributed by atoms with Crippen molar-refractivity contribution < 1.29 is 9.53 Å². The molecule has 0 aliphatic heterocycles. The zero-order chi connectivity index (χ0) is 18.1. The quantitative estimate of drug-likeness (QED) is 0.676. The highest BCUT2D eigenvalue weighted by Crippen LogP contribution is 2.18. The first-order chi connectivity index (χ1) is 12.1. The molecule has 2 rings (SSSR count). The fraction of sp³-hybridized carbons (Fsp3) is 0.389. The first-order valence-corrected chi connectivity index (χ1v) is 8.22. The molecule has 0 aliphatic rings. The molecule has 0 unspecified atom stereocenters. The number of nitrogens with one attached hydrogen (secondary N) is 2. The molecule has 0 saturated heterocycles. The topological polar surface area (TPSA) is 79.4 Å². The van der Waals surface area contributed by atoms with Crippen LogP contribution >= 0.6 is 0 Å². The molecule has 1 aromatic carbocycles. The molecular weight excluding hydrogens is 318 g/mol. The van der Waals surface area contributed by atoms with E-state index in [1.54, 1.807) is 19.4 Å². The molecule has 7 heteroatoms. The van der Waals surface area contributed by atoms with Crippen LogP contribution in [0.5, 0.6) is 5.75 Å². The van der Waals surface area contributed by atoms with Crippen molar-refractivity contribution in [1.29, 1.82) is 0 Å². The van der Waals surface area contributed by atoms with Gasteiger partial charge < -0.3 is 20.3 Å². The molecule has 1 aromatic heterocycles. The van der Waals surface area contributed by atoms with Crippen molar-refractivity contribution in [3.05, 3.63) is 47.8 Å². The average molecular weight is 343 g/mol. The van der Waals surface area contributed by atoms with Crippen molar-refractivity contribution in [3.63, 3.8) is 0 Å². The maximum atomic E-state index is 12.2. The van der Waals surface area contributed by atoms with Crippen LogP contribution in [0.1, 0.15) is 22.5 Å². The van der Waals surface area contributed by atoms with Crippen LogP contribution in [0, 0.1) is 0 Å². The van der Waals surface area contributed by atoms with Crippen LogP contribution in [-0.2, 0) is 6.54 Å². The number of benzene rings is 1. The van der Waals surface area contributed by atoms with Gasteiger partial charge in [0.25, 0.3) is 5.91 Å². The molecule has 1 amide bonds. The number of aromatic nitrogens is 2. The van der Waals surface area contributed by atoms with Gasteiger partial charge in [-0.2, -0.15) is 0 Å². The van der Waals surface area contributed by atoms with E-state index in [-0.39, 0.29) is 5.91 Å². The largest absolute Gasteiger partial charge is 0.496 e. The van der Waals surface area contributed by atoms with Crippen LogP contribution in [0.25, 0.3) is 0 Å². The number of carbonyl (C=O) groups is 1. The summed E-state index contributed by atoms with van der Waals surface area (Å²) in [6.45, 7) is 2.05. The Labute approximate surface area is 148 Å². The Morgan fingerprint density at radius 3 is 2.80 bits per heavy atom. The van der Waals surface area contributed by atoms with Crippen LogP contribution in [0.15, 0.2) is 36.5 Å². The Morgan fingerprint density at radius 2 is 2.04 bits per heavy atom. The third kappa shape index (κ3) is 6.04. The van der Waals surface area contributed by atoms with Gasteiger partial charge in [0.2, 0.25) is 5.95 Å². The van der Waals surface area contributed by atoms with E-state index in [0.29, 0.717) is 24.7 Å². The summed E-state index contributed by atoms with van der Waals surface area (Å²) >= 11 is 0. The van der Waals surface area contributed by atoms with E-state index in [2.05, 4.69) is 25.5 Å². The second kappa shape index (κ2) is 9.58. The van der Waals surface area contributed by atoms with E-state index in [1.807, 2.05) is 38.4 Å². The van der Waals surface area contributed by atoms with Crippen LogP contribution in [0.2, 0.25) is 0 Å². The lowest BCUT2D eigenvalue weighted by atomic mass is 10.2. The summed E-state index contributed by atoms with van der Waals surface area (Å²) in [4.78, 5) is 22.7. The molecule has 134 valence electrons. The molecule has 0 spiro atoms. The van der Waals surface area contributed by atoms with E-state index in [9.17, 15) is 4.79 Å². The highest BCUT2D eigenvalue weighted by molar-refractivity contribution is 5.92. The second-order valence-electron chi connectivity index (χ2n) is 5.84. The number of amides is 1. The van der Waals surface area contributed by atoms with Gasteiger partial charge in [0, 0.05) is 24.8 Å². The predicted octanol–water partition coefficient (Wildman–Crippen LogP) is 1.78. The van der Waals surface area contributed by atoms with Gasteiger partial charge >= 0.3 is 0 Å². The Morgan fingerprint density at radius 1 is 1.24 bits per heavy atom. The lowest BCUT2D eigenvalue weighted by Gasteiger charge is -2.11. The summed E-state index contributed by atoms with van der Waals surface area (Å²) in [5, 5.41) is 5.99. The Balaban J connectivity index is 1.91. The van der Waals surface area contributed by atoms with E-state index >= 15 is 0 Å². The first-order valence-electron chi connectivity index (χ1n) is 8.22. The van der Waals surface area contributed by atoms with Gasteiger partial charge in [0.05, 0.1) is 7.11 Å². The Bertz CT molecular complexity index is 691. The summed E-state index contributed by atoms with van der Waals surface area (Å²) in [6.07, 6.45) is 2.47. The number of ether oxygens (including phenoxy) is 1. The third-order valence-electron chi connectivity index (χ3n) is 3.59. The van der Waals surface area contributed by atoms with Crippen LogP contribution < -0.4 is 15.4 Å².